The zero-order chi connectivity index (χ0) is 11.1. The quantitative estimate of drug-likeness (QED) is 0.768. The number of aromatic hydroxyl groups is 1. The van der Waals surface area contributed by atoms with E-state index in [0.29, 0.717) is 0 Å². The Kier molecular flexibility index (Phi) is 2.83. The lowest BCUT2D eigenvalue weighted by Gasteiger charge is -2.20. The van der Waals surface area contributed by atoms with Gasteiger partial charge in [0.1, 0.15) is 5.75 Å². The van der Waals surface area contributed by atoms with E-state index in [4.69, 9.17) is 0 Å². The van der Waals surface area contributed by atoms with Crippen molar-refractivity contribution in [3.05, 3.63) is 27.7 Å². The molecule has 0 unspecified atom stereocenters. The number of aliphatic hydroxyl groups is 1. The summed E-state index contributed by atoms with van der Waals surface area (Å²) in [4.78, 5) is 0. The van der Waals surface area contributed by atoms with E-state index in [2.05, 4.69) is 15.9 Å². The molecule has 0 bridgehead atoms. The van der Waals surface area contributed by atoms with Gasteiger partial charge in [0.2, 0.25) is 0 Å². The first-order valence-corrected chi connectivity index (χ1v) is 4.63. The monoisotopic (exact) mass is 266 g/mol. The van der Waals surface area contributed by atoms with Gasteiger partial charge >= 0.3 is 0 Å². The van der Waals surface area contributed by atoms with E-state index in [9.17, 15) is 19.0 Å². The Balaban J connectivity index is 3.56. The largest absolute Gasteiger partial charge is 0.506 e. The topological polar surface area (TPSA) is 40.5 Å². The van der Waals surface area contributed by atoms with Crippen molar-refractivity contribution in [3.8, 4) is 5.75 Å². The van der Waals surface area contributed by atoms with Gasteiger partial charge in [-0.05, 0) is 35.8 Å². The molecule has 0 heterocycles. The van der Waals surface area contributed by atoms with Crippen LogP contribution in [0.2, 0.25) is 0 Å². The van der Waals surface area contributed by atoms with E-state index in [0.717, 1.165) is 6.07 Å². The summed E-state index contributed by atoms with van der Waals surface area (Å²) < 4.78 is 26.2. The molecule has 0 aliphatic carbocycles. The maximum absolute atomic E-state index is 13.2. The van der Waals surface area contributed by atoms with Crippen molar-refractivity contribution in [2.75, 3.05) is 0 Å². The fourth-order valence-electron chi connectivity index (χ4n) is 1.14. The minimum atomic E-state index is -1.64. The second-order valence-electron chi connectivity index (χ2n) is 3.44. The average Bonchev–Trinajstić information content (AvgIpc) is 1.98. The summed E-state index contributed by atoms with van der Waals surface area (Å²) in [7, 11) is 0. The summed E-state index contributed by atoms with van der Waals surface area (Å²) in [5.74, 6) is -2.85. The van der Waals surface area contributed by atoms with Crippen LogP contribution in [-0.2, 0) is 5.60 Å². The first-order chi connectivity index (χ1) is 6.25. The molecule has 78 valence electrons. The molecular formula is C9H9BrF2O2. The van der Waals surface area contributed by atoms with Crippen molar-refractivity contribution in [2.24, 2.45) is 0 Å². The van der Waals surface area contributed by atoms with Gasteiger partial charge in [0.25, 0.3) is 0 Å². The number of halogens is 3. The molecule has 0 aliphatic heterocycles. The van der Waals surface area contributed by atoms with E-state index in [-0.39, 0.29) is 4.47 Å². The van der Waals surface area contributed by atoms with Crippen LogP contribution in [0.15, 0.2) is 10.5 Å². The van der Waals surface area contributed by atoms with Crippen molar-refractivity contribution in [3.63, 3.8) is 0 Å². The highest BCUT2D eigenvalue weighted by atomic mass is 79.9. The highest BCUT2D eigenvalue weighted by molar-refractivity contribution is 9.10. The second-order valence-corrected chi connectivity index (χ2v) is 4.29. The molecule has 0 amide bonds. The lowest BCUT2D eigenvalue weighted by atomic mass is 9.96. The number of phenolic OH excluding ortho intramolecular Hbond substituents is 1. The Bertz CT molecular complexity index is 346. The normalized spacial score (nSPS) is 11.9. The van der Waals surface area contributed by atoms with Crippen molar-refractivity contribution in [1.29, 1.82) is 0 Å². The van der Waals surface area contributed by atoms with Gasteiger partial charge in [0, 0.05) is 0 Å². The van der Waals surface area contributed by atoms with Gasteiger partial charge in [-0.3, -0.25) is 0 Å². The molecule has 0 spiro atoms. The van der Waals surface area contributed by atoms with Gasteiger partial charge in [-0.2, -0.15) is 0 Å². The Hall–Kier alpha value is -0.680. The predicted octanol–water partition coefficient (Wildman–Crippen LogP) is 2.66. The van der Waals surface area contributed by atoms with E-state index in [1.807, 2.05) is 0 Å². The summed E-state index contributed by atoms with van der Waals surface area (Å²) in [6, 6.07) is 0.805. The van der Waals surface area contributed by atoms with E-state index in [1.54, 1.807) is 0 Å². The summed E-state index contributed by atoms with van der Waals surface area (Å²) >= 11 is 2.86. The van der Waals surface area contributed by atoms with Gasteiger partial charge in [0.05, 0.1) is 15.6 Å². The number of hydrogen-bond acceptors (Lipinski definition) is 2. The van der Waals surface area contributed by atoms with E-state index < -0.39 is 28.5 Å². The van der Waals surface area contributed by atoms with Crippen LogP contribution in [0.3, 0.4) is 0 Å². The van der Waals surface area contributed by atoms with Crippen molar-refractivity contribution in [2.45, 2.75) is 19.4 Å². The Morgan fingerprint density at radius 2 is 1.86 bits per heavy atom. The summed E-state index contributed by atoms with van der Waals surface area (Å²) in [5, 5.41) is 18.9. The highest BCUT2D eigenvalue weighted by Crippen LogP contribution is 2.37. The maximum atomic E-state index is 13.2. The van der Waals surface area contributed by atoms with Crippen LogP contribution >= 0.6 is 15.9 Å². The van der Waals surface area contributed by atoms with Crippen LogP contribution in [0.25, 0.3) is 0 Å². The minimum absolute atomic E-state index is 0.00789. The van der Waals surface area contributed by atoms with Crippen LogP contribution in [0.5, 0.6) is 5.75 Å². The summed E-state index contributed by atoms with van der Waals surface area (Å²) in [5.41, 5.74) is -2.09. The third kappa shape index (κ3) is 1.88. The zero-order valence-corrected chi connectivity index (χ0v) is 9.19. The molecule has 14 heavy (non-hydrogen) atoms. The van der Waals surface area contributed by atoms with E-state index >= 15 is 0 Å². The molecule has 0 aromatic heterocycles. The molecule has 0 fully saturated rings. The molecule has 0 saturated heterocycles. The van der Waals surface area contributed by atoms with Gasteiger partial charge in [-0.15, -0.1) is 0 Å². The van der Waals surface area contributed by atoms with Gasteiger partial charge in [0.15, 0.2) is 11.6 Å². The molecule has 1 rings (SSSR count). The van der Waals surface area contributed by atoms with Crippen LogP contribution in [0.4, 0.5) is 8.78 Å². The van der Waals surface area contributed by atoms with Crippen molar-refractivity contribution in [1.82, 2.24) is 0 Å². The number of rotatable bonds is 1. The van der Waals surface area contributed by atoms with Gasteiger partial charge in [-0.25, -0.2) is 8.78 Å². The standard InChI is InChI=1S/C9H9BrF2O2/c1-9(2,14)6-7(12)5(11)3-4(10)8(6)13/h3,13-14H,1-2H3. The highest BCUT2D eigenvalue weighted by Gasteiger charge is 2.28. The molecule has 0 saturated carbocycles. The molecule has 1 aromatic rings. The van der Waals surface area contributed by atoms with Crippen LogP contribution < -0.4 is 0 Å². The number of hydrogen-bond donors (Lipinski definition) is 2. The molecule has 0 atom stereocenters. The molecule has 1 aromatic carbocycles. The van der Waals surface area contributed by atoms with Crippen LogP contribution in [-0.4, -0.2) is 10.2 Å². The molecular weight excluding hydrogens is 258 g/mol. The SMILES string of the molecule is CC(C)(O)c1c(O)c(Br)cc(F)c1F. The Morgan fingerprint density at radius 1 is 1.36 bits per heavy atom. The van der Waals surface area contributed by atoms with Crippen molar-refractivity contribution >= 4 is 15.9 Å². The van der Waals surface area contributed by atoms with Gasteiger partial charge in [-0.1, -0.05) is 0 Å². The molecule has 2 nitrogen and oxygen atoms in total. The maximum Gasteiger partial charge on any atom is 0.168 e. The summed E-state index contributed by atoms with van der Waals surface area (Å²) in [6.07, 6.45) is 0. The third-order valence-corrected chi connectivity index (χ3v) is 2.36. The van der Waals surface area contributed by atoms with Crippen molar-refractivity contribution < 1.29 is 19.0 Å². The number of phenols is 1. The first kappa shape index (κ1) is 11.4. The molecule has 0 aliphatic rings. The average molecular weight is 267 g/mol. The third-order valence-electron chi connectivity index (χ3n) is 1.76. The fraction of sp³-hybridized carbons (Fsp3) is 0.333. The predicted molar refractivity (Wildman–Crippen MR) is 51.0 cm³/mol. The molecule has 2 N–H and O–H groups in total. The molecule has 5 heteroatoms. The first-order valence-electron chi connectivity index (χ1n) is 3.84. The smallest absolute Gasteiger partial charge is 0.168 e. The minimum Gasteiger partial charge on any atom is -0.506 e. The number of benzene rings is 1. The van der Waals surface area contributed by atoms with Crippen LogP contribution in [0.1, 0.15) is 19.4 Å². The van der Waals surface area contributed by atoms with E-state index in [1.165, 1.54) is 13.8 Å². The lowest BCUT2D eigenvalue weighted by Crippen LogP contribution is -2.18. The lowest BCUT2D eigenvalue weighted by molar-refractivity contribution is 0.0705. The second kappa shape index (κ2) is 3.47. The Morgan fingerprint density at radius 3 is 2.29 bits per heavy atom. The van der Waals surface area contributed by atoms with Gasteiger partial charge < -0.3 is 10.2 Å². The molecule has 0 radical (unpaired) electrons. The van der Waals surface area contributed by atoms with Crippen LogP contribution in [0, 0.1) is 11.6 Å². The summed E-state index contributed by atoms with van der Waals surface area (Å²) in [6.45, 7) is 2.52. The Labute approximate surface area is 88.3 Å². The fourth-order valence-corrected chi connectivity index (χ4v) is 1.54. The zero-order valence-electron chi connectivity index (χ0n) is 7.61.